The second-order valence-corrected chi connectivity index (χ2v) is 7.08. The van der Waals surface area contributed by atoms with Gasteiger partial charge in [0.2, 0.25) is 5.91 Å². The van der Waals surface area contributed by atoms with Crippen LogP contribution in [0.2, 0.25) is 5.02 Å². The maximum absolute atomic E-state index is 13.0. The van der Waals surface area contributed by atoms with Gasteiger partial charge in [-0.05, 0) is 49.2 Å². The predicted molar refractivity (Wildman–Crippen MR) is 111 cm³/mol. The lowest BCUT2D eigenvalue weighted by atomic mass is 10.1. The molecule has 0 aliphatic heterocycles. The van der Waals surface area contributed by atoms with Crippen molar-refractivity contribution in [2.24, 2.45) is 0 Å². The Morgan fingerprint density at radius 2 is 1.86 bits per heavy atom. The number of unbranched alkanes of at least 4 members (excludes halogenated alkanes) is 1. The number of carbonyl (C=O) groups is 2. The number of halogens is 2. The van der Waals surface area contributed by atoms with Crippen molar-refractivity contribution in [1.29, 1.82) is 0 Å². The van der Waals surface area contributed by atoms with E-state index in [9.17, 15) is 14.0 Å². The molecule has 7 heteroatoms. The third-order valence-electron chi connectivity index (χ3n) is 4.47. The topological polar surface area (TPSA) is 58.6 Å². The van der Waals surface area contributed by atoms with E-state index >= 15 is 0 Å². The van der Waals surface area contributed by atoms with Gasteiger partial charge < -0.3 is 15.0 Å². The summed E-state index contributed by atoms with van der Waals surface area (Å²) in [4.78, 5) is 26.8. The van der Waals surface area contributed by atoms with Gasteiger partial charge in [0.15, 0.2) is 6.61 Å². The number of carbonyl (C=O) groups excluding carboxylic acids is 2. The number of hydrogen-bond acceptors (Lipinski definition) is 3. The van der Waals surface area contributed by atoms with E-state index in [1.165, 1.54) is 29.2 Å². The summed E-state index contributed by atoms with van der Waals surface area (Å²) in [5.74, 6) is -0.619. The summed E-state index contributed by atoms with van der Waals surface area (Å²) >= 11 is 6.24. The van der Waals surface area contributed by atoms with Gasteiger partial charge in [0, 0.05) is 18.1 Å². The Hall–Kier alpha value is -2.60. The van der Waals surface area contributed by atoms with Gasteiger partial charge in [-0.1, -0.05) is 43.1 Å². The SMILES string of the molecule is CCCCNC(=O)[C@@H](C)N(Cc1ccccc1Cl)C(=O)COc1ccc(F)cc1. The molecule has 0 bridgehead atoms. The molecule has 0 radical (unpaired) electrons. The Morgan fingerprint density at radius 3 is 2.52 bits per heavy atom. The molecule has 2 rings (SSSR count). The first kappa shape index (κ1) is 22.7. The second kappa shape index (κ2) is 11.4. The van der Waals surface area contributed by atoms with Crippen molar-refractivity contribution in [3.05, 3.63) is 64.9 Å². The lowest BCUT2D eigenvalue weighted by Gasteiger charge is -2.29. The average Bonchev–Trinajstić information content (AvgIpc) is 2.72. The Balaban J connectivity index is 2.11. The number of nitrogens with one attached hydrogen (secondary N) is 1. The molecular weight excluding hydrogens is 395 g/mol. The summed E-state index contributed by atoms with van der Waals surface area (Å²) in [6, 6.07) is 11.9. The third kappa shape index (κ3) is 7.06. The highest BCUT2D eigenvalue weighted by molar-refractivity contribution is 6.31. The first-order valence-corrected chi connectivity index (χ1v) is 9.99. The van der Waals surface area contributed by atoms with Crippen molar-refractivity contribution < 1.29 is 18.7 Å². The van der Waals surface area contributed by atoms with E-state index in [-0.39, 0.29) is 30.8 Å². The second-order valence-electron chi connectivity index (χ2n) is 6.68. The molecular formula is C22H26ClFN2O3. The minimum absolute atomic E-state index is 0.174. The number of nitrogens with zero attached hydrogens (tertiary/aromatic N) is 1. The lowest BCUT2D eigenvalue weighted by molar-refractivity contribution is -0.142. The zero-order chi connectivity index (χ0) is 21.2. The van der Waals surface area contributed by atoms with Crippen molar-refractivity contribution in [3.8, 4) is 5.75 Å². The lowest BCUT2D eigenvalue weighted by Crippen LogP contribution is -2.49. The smallest absolute Gasteiger partial charge is 0.261 e. The fourth-order valence-corrected chi connectivity index (χ4v) is 2.88. The first-order valence-electron chi connectivity index (χ1n) is 9.61. The highest BCUT2D eigenvalue weighted by Gasteiger charge is 2.26. The highest BCUT2D eigenvalue weighted by atomic mass is 35.5. The summed E-state index contributed by atoms with van der Waals surface area (Å²) < 4.78 is 18.5. The van der Waals surface area contributed by atoms with Crippen LogP contribution >= 0.6 is 11.6 Å². The molecule has 0 aliphatic carbocycles. The molecule has 0 saturated heterocycles. The van der Waals surface area contributed by atoms with Crippen LogP contribution in [0.15, 0.2) is 48.5 Å². The largest absolute Gasteiger partial charge is 0.484 e. The van der Waals surface area contributed by atoms with E-state index in [2.05, 4.69) is 5.32 Å². The molecule has 0 heterocycles. The van der Waals surface area contributed by atoms with Gasteiger partial charge >= 0.3 is 0 Å². The fourth-order valence-electron chi connectivity index (χ4n) is 2.69. The van der Waals surface area contributed by atoms with E-state index in [0.717, 1.165) is 18.4 Å². The molecule has 0 aromatic heterocycles. The van der Waals surface area contributed by atoms with Crippen LogP contribution in [0.3, 0.4) is 0 Å². The average molecular weight is 421 g/mol. The number of benzene rings is 2. The van der Waals surface area contributed by atoms with Crippen LogP contribution < -0.4 is 10.1 Å². The Morgan fingerprint density at radius 1 is 1.17 bits per heavy atom. The maximum atomic E-state index is 13.0. The standard InChI is InChI=1S/C22H26ClFN2O3/c1-3-4-13-25-22(28)16(2)26(14-17-7-5-6-8-20(17)23)21(27)15-29-19-11-9-18(24)10-12-19/h5-12,16H,3-4,13-15H2,1-2H3,(H,25,28)/t16-/m1/s1. The molecule has 2 aromatic rings. The van der Waals surface area contributed by atoms with Gasteiger partial charge in [-0.15, -0.1) is 0 Å². The number of amides is 2. The Labute approximate surface area is 175 Å². The van der Waals surface area contributed by atoms with Gasteiger partial charge in [0.25, 0.3) is 5.91 Å². The predicted octanol–water partition coefficient (Wildman–Crippen LogP) is 4.19. The quantitative estimate of drug-likeness (QED) is 0.586. The van der Waals surface area contributed by atoms with E-state index in [0.29, 0.717) is 17.3 Å². The fraction of sp³-hybridized carbons (Fsp3) is 0.364. The Bertz CT molecular complexity index is 814. The summed E-state index contributed by atoms with van der Waals surface area (Å²) in [7, 11) is 0. The summed E-state index contributed by atoms with van der Waals surface area (Å²) in [5.41, 5.74) is 0.734. The molecule has 0 saturated carbocycles. The zero-order valence-electron chi connectivity index (χ0n) is 16.7. The zero-order valence-corrected chi connectivity index (χ0v) is 17.4. The van der Waals surface area contributed by atoms with Crippen LogP contribution in [0.5, 0.6) is 5.75 Å². The van der Waals surface area contributed by atoms with Crippen molar-refractivity contribution >= 4 is 23.4 Å². The van der Waals surface area contributed by atoms with Crippen molar-refractivity contribution in [2.75, 3.05) is 13.2 Å². The van der Waals surface area contributed by atoms with Crippen LogP contribution in [-0.2, 0) is 16.1 Å². The number of hydrogen-bond donors (Lipinski definition) is 1. The molecule has 0 spiro atoms. The maximum Gasteiger partial charge on any atom is 0.261 e. The number of ether oxygens (including phenoxy) is 1. The molecule has 2 aromatic carbocycles. The number of rotatable bonds is 10. The molecule has 29 heavy (non-hydrogen) atoms. The van der Waals surface area contributed by atoms with Crippen LogP contribution in [0, 0.1) is 5.82 Å². The van der Waals surface area contributed by atoms with Crippen LogP contribution in [0.1, 0.15) is 32.3 Å². The van der Waals surface area contributed by atoms with E-state index in [1.807, 2.05) is 19.1 Å². The molecule has 1 N–H and O–H groups in total. The van der Waals surface area contributed by atoms with Crippen LogP contribution in [0.25, 0.3) is 0 Å². The monoisotopic (exact) mass is 420 g/mol. The molecule has 5 nitrogen and oxygen atoms in total. The summed E-state index contributed by atoms with van der Waals surface area (Å²) in [6.45, 7) is 4.17. The Kier molecular flexibility index (Phi) is 8.93. The molecule has 0 fully saturated rings. The van der Waals surface area contributed by atoms with Crippen molar-refractivity contribution in [3.63, 3.8) is 0 Å². The van der Waals surface area contributed by atoms with Crippen molar-refractivity contribution in [1.82, 2.24) is 10.2 Å². The van der Waals surface area contributed by atoms with Gasteiger partial charge in [-0.3, -0.25) is 9.59 Å². The normalized spacial score (nSPS) is 11.6. The van der Waals surface area contributed by atoms with Gasteiger partial charge in [0.1, 0.15) is 17.6 Å². The molecule has 156 valence electrons. The molecule has 2 amide bonds. The van der Waals surface area contributed by atoms with E-state index < -0.39 is 6.04 Å². The third-order valence-corrected chi connectivity index (χ3v) is 4.84. The van der Waals surface area contributed by atoms with Gasteiger partial charge in [-0.25, -0.2) is 4.39 Å². The molecule has 0 aliphatic rings. The van der Waals surface area contributed by atoms with E-state index in [4.69, 9.17) is 16.3 Å². The minimum atomic E-state index is -0.701. The minimum Gasteiger partial charge on any atom is -0.484 e. The highest BCUT2D eigenvalue weighted by Crippen LogP contribution is 2.19. The van der Waals surface area contributed by atoms with Gasteiger partial charge in [0.05, 0.1) is 0 Å². The van der Waals surface area contributed by atoms with Crippen LogP contribution in [0.4, 0.5) is 4.39 Å². The van der Waals surface area contributed by atoms with E-state index in [1.54, 1.807) is 19.1 Å². The first-order chi connectivity index (χ1) is 13.9. The summed E-state index contributed by atoms with van der Waals surface area (Å²) in [5, 5.41) is 3.37. The molecule has 1 atom stereocenters. The van der Waals surface area contributed by atoms with Crippen LogP contribution in [-0.4, -0.2) is 35.9 Å². The van der Waals surface area contributed by atoms with Gasteiger partial charge in [-0.2, -0.15) is 0 Å². The molecule has 0 unspecified atom stereocenters. The van der Waals surface area contributed by atoms with Crippen molar-refractivity contribution in [2.45, 2.75) is 39.3 Å². The summed E-state index contributed by atoms with van der Waals surface area (Å²) in [6.07, 6.45) is 1.83.